The quantitative estimate of drug-likeness (QED) is 0.698. The highest BCUT2D eigenvalue weighted by molar-refractivity contribution is 7.85. The minimum Gasteiger partial charge on any atom is -0.371 e. The second-order valence-electron chi connectivity index (χ2n) is 9.16. The van der Waals surface area contributed by atoms with Gasteiger partial charge in [-0.2, -0.15) is 0 Å². The van der Waals surface area contributed by atoms with E-state index in [1.54, 1.807) is 0 Å². The Morgan fingerprint density at radius 1 is 1.00 bits per heavy atom. The number of hydrogen-bond donors (Lipinski definition) is 0. The molecule has 4 heteroatoms. The van der Waals surface area contributed by atoms with Crippen LogP contribution in [-0.2, 0) is 10.8 Å². The zero-order valence-electron chi connectivity index (χ0n) is 17.7. The lowest BCUT2D eigenvalue weighted by atomic mass is 9.86. The van der Waals surface area contributed by atoms with Crippen LogP contribution in [0.2, 0.25) is 0 Å². The highest BCUT2D eigenvalue weighted by Gasteiger charge is 2.26. The van der Waals surface area contributed by atoms with E-state index in [1.807, 2.05) is 19.9 Å². The van der Waals surface area contributed by atoms with Gasteiger partial charge in [0.05, 0.1) is 10.8 Å². The van der Waals surface area contributed by atoms with E-state index in [9.17, 15) is 4.21 Å². The molecule has 2 saturated heterocycles. The number of piperidine rings is 2. The van der Waals surface area contributed by atoms with Gasteiger partial charge in [0.15, 0.2) is 0 Å². The van der Waals surface area contributed by atoms with Crippen molar-refractivity contribution in [3.8, 4) is 0 Å². The van der Waals surface area contributed by atoms with Crippen molar-refractivity contribution in [2.75, 3.05) is 37.6 Å². The zero-order valence-corrected chi connectivity index (χ0v) is 18.5. The lowest BCUT2D eigenvalue weighted by Crippen LogP contribution is -2.42. The summed E-state index contributed by atoms with van der Waals surface area (Å²) in [4.78, 5) is 6.17. The Morgan fingerprint density at radius 3 is 2.26 bits per heavy atom. The van der Waals surface area contributed by atoms with Crippen molar-refractivity contribution in [2.24, 2.45) is 17.8 Å². The number of rotatable bonds is 6. The molecule has 3 nitrogen and oxygen atoms in total. The van der Waals surface area contributed by atoms with Crippen LogP contribution in [0.1, 0.15) is 53.4 Å². The number of nitrogens with zero attached hydrogens (tertiary/aromatic N) is 2. The van der Waals surface area contributed by atoms with Crippen LogP contribution in [0.15, 0.2) is 29.2 Å². The fourth-order valence-electron chi connectivity index (χ4n) is 4.62. The molecule has 0 bridgehead atoms. The van der Waals surface area contributed by atoms with E-state index >= 15 is 0 Å². The van der Waals surface area contributed by atoms with Crippen molar-refractivity contribution in [2.45, 2.75) is 63.5 Å². The van der Waals surface area contributed by atoms with E-state index in [2.05, 4.69) is 41.8 Å². The van der Waals surface area contributed by atoms with Gasteiger partial charge >= 0.3 is 0 Å². The van der Waals surface area contributed by atoms with Gasteiger partial charge < -0.3 is 9.80 Å². The second kappa shape index (κ2) is 9.56. The van der Waals surface area contributed by atoms with Crippen LogP contribution in [0.5, 0.6) is 0 Å². The molecule has 2 aliphatic heterocycles. The first kappa shape index (κ1) is 20.9. The Kier molecular flexibility index (Phi) is 7.38. The molecular weight excluding hydrogens is 352 g/mol. The Bertz CT molecular complexity index is 615. The van der Waals surface area contributed by atoms with Gasteiger partial charge in [0.2, 0.25) is 0 Å². The van der Waals surface area contributed by atoms with Crippen LogP contribution in [0.25, 0.3) is 0 Å². The number of hydrogen-bond acceptors (Lipinski definition) is 3. The molecule has 27 heavy (non-hydrogen) atoms. The molecular formula is C23H38N2OS. The molecule has 2 aliphatic rings. The molecule has 0 aliphatic carbocycles. The van der Waals surface area contributed by atoms with Crippen molar-refractivity contribution in [3.05, 3.63) is 24.3 Å². The molecule has 0 radical (unpaired) electrons. The normalized spacial score (nSPS) is 21.9. The van der Waals surface area contributed by atoms with Crippen LogP contribution in [0, 0.1) is 17.8 Å². The number of anilines is 1. The summed E-state index contributed by atoms with van der Waals surface area (Å²) in [5, 5.41) is 0.172. The van der Waals surface area contributed by atoms with Crippen LogP contribution in [-0.4, -0.2) is 47.1 Å². The SMILES string of the molecule is CC(C)C1CCN(CC2CCN(c3cccc(S(=O)C(C)C)c3)CC2)CC1. The van der Waals surface area contributed by atoms with Gasteiger partial charge in [0, 0.05) is 35.5 Å². The fraction of sp³-hybridized carbons (Fsp3) is 0.739. The third kappa shape index (κ3) is 5.57. The zero-order chi connectivity index (χ0) is 19.4. The minimum atomic E-state index is -0.902. The van der Waals surface area contributed by atoms with E-state index in [0.29, 0.717) is 0 Å². The molecule has 1 aromatic rings. The molecule has 0 amide bonds. The van der Waals surface area contributed by atoms with Gasteiger partial charge in [-0.25, -0.2) is 0 Å². The molecule has 0 spiro atoms. The maximum Gasteiger partial charge on any atom is 0.0555 e. The van der Waals surface area contributed by atoms with Gasteiger partial charge in [0.1, 0.15) is 0 Å². The molecule has 1 atom stereocenters. The number of benzene rings is 1. The Morgan fingerprint density at radius 2 is 1.67 bits per heavy atom. The second-order valence-corrected chi connectivity index (χ2v) is 11.2. The molecule has 0 N–H and O–H groups in total. The topological polar surface area (TPSA) is 23.6 Å². The monoisotopic (exact) mass is 390 g/mol. The van der Waals surface area contributed by atoms with Crippen LogP contribution in [0.3, 0.4) is 0 Å². The van der Waals surface area contributed by atoms with E-state index in [4.69, 9.17) is 0 Å². The number of likely N-dealkylation sites (tertiary alicyclic amines) is 1. The maximum atomic E-state index is 12.4. The Balaban J connectivity index is 1.48. The first-order chi connectivity index (χ1) is 12.9. The average molecular weight is 391 g/mol. The Hall–Kier alpha value is -0.870. The van der Waals surface area contributed by atoms with Crippen LogP contribution in [0.4, 0.5) is 5.69 Å². The molecule has 1 aromatic carbocycles. The minimum absolute atomic E-state index is 0.172. The van der Waals surface area contributed by atoms with Crippen molar-refractivity contribution >= 4 is 16.5 Å². The van der Waals surface area contributed by atoms with Crippen molar-refractivity contribution < 1.29 is 4.21 Å². The highest BCUT2D eigenvalue weighted by Crippen LogP contribution is 2.28. The first-order valence-corrected chi connectivity index (χ1v) is 12.1. The predicted octanol–water partition coefficient (Wildman–Crippen LogP) is 4.79. The summed E-state index contributed by atoms with van der Waals surface area (Å²) >= 11 is 0. The van der Waals surface area contributed by atoms with E-state index in [0.717, 1.165) is 35.7 Å². The lowest BCUT2D eigenvalue weighted by molar-refractivity contribution is 0.132. The molecule has 0 aromatic heterocycles. The third-order valence-corrected chi connectivity index (χ3v) is 8.12. The maximum absolute atomic E-state index is 12.4. The van der Waals surface area contributed by atoms with Crippen molar-refractivity contribution in [3.63, 3.8) is 0 Å². The molecule has 152 valence electrons. The smallest absolute Gasteiger partial charge is 0.0555 e. The molecule has 0 saturated carbocycles. The summed E-state index contributed by atoms with van der Waals surface area (Å²) in [5.41, 5.74) is 1.25. The molecule has 1 unspecified atom stereocenters. The largest absolute Gasteiger partial charge is 0.371 e. The molecule has 2 heterocycles. The summed E-state index contributed by atoms with van der Waals surface area (Å²) in [7, 11) is -0.902. The van der Waals surface area contributed by atoms with Gasteiger partial charge in [0.25, 0.3) is 0 Å². The van der Waals surface area contributed by atoms with E-state index in [1.165, 1.54) is 51.0 Å². The summed E-state index contributed by atoms with van der Waals surface area (Å²) in [6.07, 6.45) is 5.33. The first-order valence-electron chi connectivity index (χ1n) is 10.9. The fourth-order valence-corrected chi connectivity index (χ4v) is 5.61. The predicted molar refractivity (Wildman–Crippen MR) is 117 cm³/mol. The van der Waals surface area contributed by atoms with Gasteiger partial charge in [-0.05, 0) is 74.7 Å². The standard InChI is InChI=1S/C23H38N2OS/c1-18(2)21-10-12-24(13-11-21)17-20-8-14-25(15-9-20)22-6-5-7-23(16-22)27(26)19(3)4/h5-7,16,18-21H,8-15,17H2,1-4H3. The molecule has 3 rings (SSSR count). The summed E-state index contributed by atoms with van der Waals surface area (Å²) in [6.45, 7) is 14.9. The molecule has 2 fully saturated rings. The van der Waals surface area contributed by atoms with Crippen molar-refractivity contribution in [1.82, 2.24) is 4.90 Å². The summed E-state index contributed by atoms with van der Waals surface area (Å²) in [6, 6.07) is 8.40. The lowest BCUT2D eigenvalue weighted by Gasteiger charge is -2.39. The summed E-state index contributed by atoms with van der Waals surface area (Å²) < 4.78 is 12.4. The van der Waals surface area contributed by atoms with Gasteiger partial charge in [-0.15, -0.1) is 0 Å². The van der Waals surface area contributed by atoms with Crippen LogP contribution < -0.4 is 4.90 Å². The van der Waals surface area contributed by atoms with Crippen molar-refractivity contribution in [1.29, 1.82) is 0 Å². The van der Waals surface area contributed by atoms with Gasteiger partial charge in [-0.1, -0.05) is 33.8 Å². The average Bonchev–Trinajstić information content (AvgIpc) is 2.68. The summed E-state index contributed by atoms with van der Waals surface area (Å²) in [5.74, 6) is 2.62. The Labute approximate surface area is 169 Å². The highest BCUT2D eigenvalue weighted by atomic mass is 32.2. The van der Waals surface area contributed by atoms with Crippen LogP contribution >= 0.6 is 0 Å². The van der Waals surface area contributed by atoms with E-state index in [-0.39, 0.29) is 5.25 Å². The van der Waals surface area contributed by atoms with Gasteiger partial charge in [-0.3, -0.25) is 4.21 Å². The van der Waals surface area contributed by atoms with E-state index < -0.39 is 10.8 Å². The third-order valence-electron chi connectivity index (χ3n) is 6.55.